The topological polar surface area (TPSA) is 58.4 Å². The fourth-order valence-electron chi connectivity index (χ4n) is 2.00. The SMILES string of the molecule is NCCCN1CCC(=O)Nc2cccc(Cl)c21. The summed E-state index contributed by atoms with van der Waals surface area (Å²) in [6.45, 7) is 2.14. The van der Waals surface area contributed by atoms with Gasteiger partial charge in [0.15, 0.2) is 0 Å². The highest BCUT2D eigenvalue weighted by atomic mass is 35.5. The molecule has 17 heavy (non-hydrogen) atoms. The number of nitrogens with one attached hydrogen (secondary N) is 1. The van der Waals surface area contributed by atoms with Crippen molar-refractivity contribution in [2.45, 2.75) is 12.8 Å². The Morgan fingerprint density at radius 1 is 1.47 bits per heavy atom. The molecule has 0 bridgehead atoms. The molecule has 0 saturated heterocycles. The Bertz CT molecular complexity index is 422. The molecule has 5 heteroatoms. The van der Waals surface area contributed by atoms with Gasteiger partial charge in [-0.15, -0.1) is 0 Å². The van der Waals surface area contributed by atoms with E-state index in [0.29, 0.717) is 24.5 Å². The van der Waals surface area contributed by atoms with Crippen LogP contribution in [0.3, 0.4) is 0 Å². The van der Waals surface area contributed by atoms with Crippen molar-refractivity contribution in [1.82, 2.24) is 0 Å². The van der Waals surface area contributed by atoms with Gasteiger partial charge in [-0.3, -0.25) is 4.79 Å². The van der Waals surface area contributed by atoms with E-state index in [1.54, 1.807) is 0 Å². The molecule has 0 aromatic heterocycles. The standard InChI is InChI=1S/C12H16ClN3O/c13-9-3-1-4-10-12(9)16(7-2-6-14)8-5-11(17)15-10/h1,3-4H,2,5-8,14H2,(H,15,17). The number of fused-ring (bicyclic) bond motifs is 1. The number of rotatable bonds is 3. The van der Waals surface area contributed by atoms with Crippen molar-refractivity contribution in [2.75, 3.05) is 29.9 Å². The Kier molecular flexibility index (Phi) is 3.86. The molecule has 0 radical (unpaired) electrons. The van der Waals surface area contributed by atoms with Crippen LogP contribution in [0.2, 0.25) is 5.02 Å². The number of amides is 1. The summed E-state index contributed by atoms with van der Waals surface area (Å²) in [5.41, 5.74) is 7.23. The van der Waals surface area contributed by atoms with Crippen LogP contribution in [0.5, 0.6) is 0 Å². The summed E-state index contributed by atoms with van der Waals surface area (Å²) in [6.07, 6.45) is 1.37. The second-order valence-electron chi connectivity index (χ2n) is 4.06. The van der Waals surface area contributed by atoms with E-state index in [1.165, 1.54) is 0 Å². The maximum Gasteiger partial charge on any atom is 0.226 e. The maximum absolute atomic E-state index is 11.6. The summed E-state index contributed by atoms with van der Waals surface area (Å²) >= 11 is 6.21. The molecule has 0 unspecified atom stereocenters. The van der Waals surface area contributed by atoms with Gasteiger partial charge in [0.2, 0.25) is 5.91 Å². The second-order valence-corrected chi connectivity index (χ2v) is 4.47. The van der Waals surface area contributed by atoms with E-state index in [1.807, 2.05) is 18.2 Å². The number of halogens is 1. The molecule has 0 aliphatic carbocycles. The first-order valence-electron chi connectivity index (χ1n) is 5.75. The first-order valence-corrected chi connectivity index (χ1v) is 6.13. The Morgan fingerprint density at radius 2 is 2.29 bits per heavy atom. The van der Waals surface area contributed by atoms with Crippen LogP contribution in [-0.4, -0.2) is 25.5 Å². The summed E-state index contributed by atoms with van der Waals surface area (Å²) in [5, 5.41) is 3.54. The number of nitrogens with zero attached hydrogens (tertiary/aromatic N) is 1. The number of para-hydroxylation sites is 1. The molecule has 4 nitrogen and oxygen atoms in total. The van der Waals surface area contributed by atoms with E-state index in [0.717, 1.165) is 24.3 Å². The van der Waals surface area contributed by atoms with Crippen molar-refractivity contribution >= 4 is 28.9 Å². The molecular weight excluding hydrogens is 238 g/mol. The fraction of sp³-hybridized carbons (Fsp3) is 0.417. The van der Waals surface area contributed by atoms with Gasteiger partial charge in [0.25, 0.3) is 0 Å². The van der Waals surface area contributed by atoms with Crippen molar-refractivity contribution in [2.24, 2.45) is 5.73 Å². The average molecular weight is 254 g/mol. The molecule has 1 aromatic carbocycles. The van der Waals surface area contributed by atoms with Gasteiger partial charge in [0.1, 0.15) is 0 Å². The zero-order valence-electron chi connectivity index (χ0n) is 9.58. The van der Waals surface area contributed by atoms with Crippen LogP contribution < -0.4 is 16.0 Å². The molecule has 1 aliphatic rings. The summed E-state index contributed by atoms with van der Waals surface area (Å²) in [6, 6.07) is 5.56. The molecule has 1 amide bonds. The lowest BCUT2D eigenvalue weighted by molar-refractivity contribution is -0.115. The molecule has 1 aromatic rings. The maximum atomic E-state index is 11.6. The zero-order chi connectivity index (χ0) is 12.3. The number of carbonyl (C=O) groups is 1. The van der Waals surface area contributed by atoms with Crippen LogP contribution in [0, 0.1) is 0 Å². The number of nitrogens with two attached hydrogens (primary N) is 1. The molecule has 1 heterocycles. The minimum absolute atomic E-state index is 0.0313. The number of hydrogen-bond donors (Lipinski definition) is 2. The van der Waals surface area contributed by atoms with Crippen LogP contribution in [0.25, 0.3) is 0 Å². The van der Waals surface area contributed by atoms with E-state index in [9.17, 15) is 4.79 Å². The van der Waals surface area contributed by atoms with Gasteiger partial charge in [-0.2, -0.15) is 0 Å². The van der Waals surface area contributed by atoms with Crippen molar-refractivity contribution in [3.63, 3.8) is 0 Å². The summed E-state index contributed by atoms with van der Waals surface area (Å²) < 4.78 is 0. The van der Waals surface area contributed by atoms with E-state index in [-0.39, 0.29) is 5.91 Å². The molecule has 3 N–H and O–H groups in total. The molecule has 0 atom stereocenters. The Labute approximate surface area is 106 Å². The lowest BCUT2D eigenvalue weighted by atomic mass is 10.2. The van der Waals surface area contributed by atoms with Crippen LogP contribution >= 0.6 is 11.6 Å². The van der Waals surface area contributed by atoms with E-state index < -0.39 is 0 Å². The number of anilines is 2. The quantitative estimate of drug-likeness (QED) is 0.864. The molecule has 0 spiro atoms. The summed E-state index contributed by atoms with van der Waals surface area (Å²) in [5.74, 6) is 0.0313. The molecule has 0 saturated carbocycles. The third-order valence-corrected chi connectivity index (χ3v) is 3.12. The number of carbonyl (C=O) groups excluding carboxylic acids is 1. The Morgan fingerprint density at radius 3 is 3.06 bits per heavy atom. The first-order chi connectivity index (χ1) is 8.22. The lowest BCUT2D eigenvalue weighted by Gasteiger charge is -2.24. The fourth-order valence-corrected chi connectivity index (χ4v) is 2.30. The molecule has 2 rings (SSSR count). The van der Waals surface area contributed by atoms with Gasteiger partial charge in [-0.05, 0) is 25.1 Å². The predicted molar refractivity (Wildman–Crippen MR) is 70.6 cm³/mol. The van der Waals surface area contributed by atoms with Crippen LogP contribution in [0.1, 0.15) is 12.8 Å². The molecule has 92 valence electrons. The van der Waals surface area contributed by atoms with Crippen molar-refractivity contribution in [3.8, 4) is 0 Å². The zero-order valence-corrected chi connectivity index (χ0v) is 10.3. The molecular formula is C12H16ClN3O. The third-order valence-electron chi connectivity index (χ3n) is 2.82. The van der Waals surface area contributed by atoms with Gasteiger partial charge >= 0.3 is 0 Å². The monoisotopic (exact) mass is 253 g/mol. The van der Waals surface area contributed by atoms with Crippen molar-refractivity contribution in [1.29, 1.82) is 0 Å². The Balaban J connectivity index is 2.34. The minimum atomic E-state index is 0.0313. The molecule has 0 fully saturated rings. The van der Waals surface area contributed by atoms with Crippen molar-refractivity contribution < 1.29 is 4.79 Å². The normalized spacial score (nSPS) is 15.2. The van der Waals surface area contributed by atoms with Gasteiger partial charge in [0, 0.05) is 19.5 Å². The highest BCUT2D eigenvalue weighted by molar-refractivity contribution is 6.34. The third kappa shape index (κ3) is 2.70. The van der Waals surface area contributed by atoms with Gasteiger partial charge in [-0.25, -0.2) is 0 Å². The second kappa shape index (κ2) is 5.38. The van der Waals surface area contributed by atoms with Gasteiger partial charge < -0.3 is 16.0 Å². The van der Waals surface area contributed by atoms with Crippen LogP contribution in [0.15, 0.2) is 18.2 Å². The smallest absolute Gasteiger partial charge is 0.226 e. The number of benzene rings is 1. The van der Waals surface area contributed by atoms with E-state index >= 15 is 0 Å². The lowest BCUT2D eigenvalue weighted by Crippen LogP contribution is -2.27. The van der Waals surface area contributed by atoms with Crippen molar-refractivity contribution in [3.05, 3.63) is 23.2 Å². The molecule has 1 aliphatic heterocycles. The Hall–Kier alpha value is -1.26. The van der Waals surface area contributed by atoms with Gasteiger partial charge in [0.05, 0.1) is 16.4 Å². The summed E-state index contributed by atoms with van der Waals surface area (Å²) in [4.78, 5) is 13.7. The highest BCUT2D eigenvalue weighted by Gasteiger charge is 2.20. The van der Waals surface area contributed by atoms with E-state index in [2.05, 4.69) is 10.2 Å². The minimum Gasteiger partial charge on any atom is -0.368 e. The predicted octanol–water partition coefficient (Wildman–Crippen LogP) is 1.84. The van der Waals surface area contributed by atoms with Gasteiger partial charge in [-0.1, -0.05) is 17.7 Å². The largest absolute Gasteiger partial charge is 0.368 e. The van der Waals surface area contributed by atoms with Crippen LogP contribution in [0.4, 0.5) is 11.4 Å². The average Bonchev–Trinajstić information content (AvgIpc) is 2.46. The van der Waals surface area contributed by atoms with Crippen LogP contribution in [-0.2, 0) is 4.79 Å². The highest BCUT2D eigenvalue weighted by Crippen LogP contribution is 2.35. The number of hydrogen-bond acceptors (Lipinski definition) is 3. The van der Waals surface area contributed by atoms with E-state index in [4.69, 9.17) is 17.3 Å². The summed E-state index contributed by atoms with van der Waals surface area (Å²) in [7, 11) is 0. The first kappa shape index (κ1) is 12.2.